The molecular weight excluding hydrogens is 292 g/mol. The van der Waals surface area contributed by atoms with Crippen LogP contribution in [0.3, 0.4) is 0 Å². The first-order valence-electron chi connectivity index (χ1n) is 7.09. The number of carbonyl (C=O) groups is 1. The fourth-order valence-corrected chi connectivity index (χ4v) is 4.06. The summed E-state index contributed by atoms with van der Waals surface area (Å²) in [5.41, 5.74) is 0.329. The minimum Gasteiger partial charge on any atom is -0.493 e. The lowest BCUT2D eigenvalue weighted by molar-refractivity contribution is 0.0970. The Bertz CT molecular complexity index is 588. The molecule has 0 bridgehead atoms. The zero-order valence-electron chi connectivity index (χ0n) is 12.1. The summed E-state index contributed by atoms with van der Waals surface area (Å²) < 4.78 is 35.2. The van der Waals surface area contributed by atoms with Gasteiger partial charge in [-0.1, -0.05) is 12.1 Å². The lowest BCUT2D eigenvalue weighted by Gasteiger charge is -2.21. The Hall–Kier alpha value is -1.40. The third-order valence-electron chi connectivity index (χ3n) is 3.50. The van der Waals surface area contributed by atoms with Gasteiger partial charge < -0.3 is 9.47 Å². The van der Waals surface area contributed by atoms with Gasteiger partial charge in [-0.3, -0.25) is 4.79 Å². The molecule has 116 valence electrons. The third-order valence-corrected chi connectivity index (χ3v) is 5.65. The molecule has 1 aromatic rings. The van der Waals surface area contributed by atoms with E-state index in [0.29, 0.717) is 44.0 Å². The van der Waals surface area contributed by atoms with E-state index in [9.17, 15) is 13.2 Å². The number of para-hydroxylation sites is 1. The Labute approximate surface area is 125 Å². The van der Waals surface area contributed by atoms with E-state index in [4.69, 9.17) is 9.47 Å². The van der Waals surface area contributed by atoms with Gasteiger partial charge in [-0.2, -0.15) is 0 Å². The van der Waals surface area contributed by atoms with Crippen LogP contribution in [0.2, 0.25) is 0 Å². The number of sulfone groups is 1. The Balaban J connectivity index is 2.13. The van der Waals surface area contributed by atoms with Crippen LogP contribution in [0.15, 0.2) is 24.3 Å². The molecule has 2 rings (SSSR count). The van der Waals surface area contributed by atoms with Gasteiger partial charge in [-0.05, 0) is 31.9 Å². The molecule has 0 aromatic heterocycles. The van der Waals surface area contributed by atoms with E-state index in [-0.39, 0.29) is 0 Å². The number of Topliss-reactive ketones (excluding diaryl/α,β-unsaturated/α-hetero) is 1. The van der Waals surface area contributed by atoms with Gasteiger partial charge in [-0.25, -0.2) is 8.42 Å². The predicted molar refractivity (Wildman–Crippen MR) is 79.6 cm³/mol. The van der Waals surface area contributed by atoms with Gasteiger partial charge in [0.2, 0.25) is 0 Å². The number of rotatable bonds is 6. The molecule has 0 unspecified atom stereocenters. The van der Waals surface area contributed by atoms with Crippen LogP contribution < -0.4 is 4.74 Å². The molecule has 0 spiro atoms. The Morgan fingerprint density at radius 1 is 1.29 bits per heavy atom. The molecule has 1 aromatic carbocycles. The smallest absolute Gasteiger partial charge is 0.181 e. The summed E-state index contributed by atoms with van der Waals surface area (Å²) in [6, 6.07) is 6.75. The van der Waals surface area contributed by atoms with Crippen LogP contribution in [-0.4, -0.2) is 45.0 Å². The minimum atomic E-state index is -3.45. The molecule has 5 nitrogen and oxygen atoms in total. The summed E-state index contributed by atoms with van der Waals surface area (Å²) in [5.74, 6) is -0.445. The van der Waals surface area contributed by atoms with Gasteiger partial charge in [0, 0.05) is 13.2 Å². The first-order valence-corrected chi connectivity index (χ1v) is 8.80. The summed E-state index contributed by atoms with van der Waals surface area (Å²) in [7, 11) is -3.45. The summed E-state index contributed by atoms with van der Waals surface area (Å²) >= 11 is 0. The largest absolute Gasteiger partial charge is 0.493 e. The minimum absolute atomic E-state index is 0.329. The average molecular weight is 312 g/mol. The number of ether oxygens (including phenoxy) is 2. The maximum Gasteiger partial charge on any atom is 0.181 e. The highest BCUT2D eigenvalue weighted by atomic mass is 32.2. The Morgan fingerprint density at radius 3 is 2.62 bits per heavy atom. The van der Waals surface area contributed by atoms with Gasteiger partial charge in [0.25, 0.3) is 0 Å². The molecular formula is C15H20O5S. The number of hydrogen-bond acceptors (Lipinski definition) is 5. The maximum absolute atomic E-state index is 12.3. The highest BCUT2D eigenvalue weighted by molar-refractivity contribution is 7.92. The van der Waals surface area contributed by atoms with Crippen molar-refractivity contribution >= 4 is 15.6 Å². The van der Waals surface area contributed by atoms with Crippen LogP contribution in [0.4, 0.5) is 0 Å². The predicted octanol–water partition coefficient (Wildman–Crippen LogP) is 1.86. The third kappa shape index (κ3) is 4.04. The zero-order valence-corrected chi connectivity index (χ0v) is 12.9. The van der Waals surface area contributed by atoms with Crippen LogP contribution in [0, 0.1) is 0 Å². The molecule has 0 aliphatic carbocycles. The van der Waals surface area contributed by atoms with Gasteiger partial charge in [0.1, 0.15) is 11.5 Å². The van der Waals surface area contributed by atoms with E-state index in [2.05, 4.69) is 0 Å². The standard InChI is InChI=1S/C15H20O5S/c1-2-20-15-6-4-3-5-13(15)14(16)11-21(17,18)12-7-9-19-10-8-12/h3-6,12H,2,7-11H2,1H3. The number of ketones is 1. The van der Waals surface area contributed by atoms with Crippen molar-refractivity contribution in [2.75, 3.05) is 25.6 Å². The van der Waals surface area contributed by atoms with Gasteiger partial charge in [0.15, 0.2) is 15.6 Å². The molecule has 21 heavy (non-hydrogen) atoms. The quantitative estimate of drug-likeness (QED) is 0.750. The highest BCUT2D eigenvalue weighted by Crippen LogP contribution is 2.22. The van der Waals surface area contributed by atoms with Crippen molar-refractivity contribution in [3.05, 3.63) is 29.8 Å². The van der Waals surface area contributed by atoms with Crippen LogP contribution in [0.1, 0.15) is 30.1 Å². The lowest BCUT2D eigenvalue weighted by atomic mass is 10.1. The van der Waals surface area contributed by atoms with Crippen LogP contribution >= 0.6 is 0 Å². The summed E-state index contributed by atoms with van der Waals surface area (Å²) in [6.07, 6.45) is 0.922. The average Bonchev–Trinajstić information content (AvgIpc) is 2.48. The number of carbonyl (C=O) groups excluding carboxylic acids is 1. The first kappa shape index (κ1) is 16.0. The van der Waals surface area contributed by atoms with Crippen molar-refractivity contribution in [2.45, 2.75) is 25.0 Å². The number of hydrogen-bond donors (Lipinski definition) is 0. The van der Waals surface area contributed by atoms with Crippen molar-refractivity contribution in [3.8, 4) is 5.75 Å². The van der Waals surface area contributed by atoms with Crippen molar-refractivity contribution in [1.29, 1.82) is 0 Å². The second-order valence-electron chi connectivity index (χ2n) is 4.97. The van der Waals surface area contributed by atoms with Crippen LogP contribution in [0.25, 0.3) is 0 Å². The van der Waals surface area contributed by atoms with Crippen molar-refractivity contribution in [2.24, 2.45) is 0 Å². The van der Waals surface area contributed by atoms with Crippen molar-refractivity contribution in [3.63, 3.8) is 0 Å². The number of benzene rings is 1. The normalized spacial score (nSPS) is 16.6. The van der Waals surface area contributed by atoms with Crippen LogP contribution in [-0.2, 0) is 14.6 Å². The van der Waals surface area contributed by atoms with Crippen molar-refractivity contribution < 1.29 is 22.7 Å². The Morgan fingerprint density at radius 2 is 1.95 bits per heavy atom. The van der Waals surface area contributed by atoms with Crippen molar-refractivity contribution in [1.82, 2.24) is 0 Å². The van der Waals surface area contributed by atoms with E-state index in [1.54, 1.807) is 24.3 Å². The Kier molecular flexibility index (Phi) is 5.36. The maximum atomic E-state index is 12.3. The SMILES string of the molecule is CCOc1ccccc1C(=O)CS(=O)(=O)C1CCOCC1. The molecule has 0 radical (unpaired) electrons. The summed E-state index contributed by atoms with van der Waals surface area (Å²) in [5, 5.41) is -0.477. The van der Waals surface area contributed by atoms with Gasteiger partial charge in [0.05, 0.1) is 17.4 Å². The molecule has 0 amide bonds. The lowest BCUT2D eigenvalue weighted by Crippen LogP contribution is -2.33. The molecule has 1 fully saturated rings. The molecule has 1 heterocycles. The molecule has 0 N–H and O–H groups in total. The monoisotopic (exact) mass is 312 g/mol. The highest BCUT2D eigenvalue weighted by Gasteiger charge is 2.30. The fourth-order valence-electron chi connectivity index (χ4n) is 2.39. The summed E-state index contributed by atoms with van der Waals surface area (Å²) in [4.78, 5) is 12.3. The van der Waals surface area contributed by atoms with E-state index >= 15 is 0 Å². The molecule has 1 aliphatic heterocycles. The topological polar surface area (TPSA) is 69.7 Å². The fraction of sp³-hybridized carbons (Fsp3) is 0.533. The van der Waals surface area contributed by atoms with E-state index in [1.807, 2.05) is 6.92 Å². The zero-order chi connectivity index (χ0) is 15.3. The van der Waals surface area contributed by atoms with E-state index in [1.165, 1.54) is 0 Å². The molecule has 0 saturated carbocycles. The van der Waals surface area contributed by atoms with E-state index in [0.717, 1.165) is 0 Å². The molecule has 6 heteroatoms. The summed E-state index contributed by atoms with van der Waals surface area (Å²) in [6.45, 7) is 3.12. The van der Waals surface area contributed by atoms with Gasteiger partial charge >= 0.3 is 0 Å². The molecule has 1 saturated heterocycles. The molecule has 1 aliphatic rings. The van der Waals surface area contributed by atoms with E-state index < -0.39 is 26.6 Å². The van der Waals surface area contributed by atoms with Gasteiger partial charge in [-0.15, -0.1) is 0 Å². The first-order chi connectivity index (χ1) is 10.0. The second kappa shape index (κ2) is 7.04. The second-order valence-corrected chi connectivity index (χ2v) is 7.25. The van der Waals surface area contributed by atoms with Crippen LogP contribution in [0.5, 0.6) is 5.75 Å². The molecule has 0 atom stereocenters.